The molecule has 1 aliphatic heterocycles. The molecule has 1 N–H and O–H groups in total. The maximum Gasteiger partial charge on any atom is 0.273 e. The number of methoxy groups -OCH3 is 1. The number of nitrogens with one attached hydrogen (secondary N) is 1. The van der Waals surface area contributed by atoms with Gasteiger partial charge in [0.05, 0.1) is 23.8 Å². The number of non-ortho nitro benzene ring substituents is 1. The SMILES string of the molecule is COc1cc([N+](=O)[O-])ccc1NC(=O)c1ccc2c(c1)OCO2. The van der Waals surface area contributed by atoms with Crippen molar-refractivity contribution >= 4 is 17.3 Å². The van der Waals surface area contributed by atoms with E-state index in [1.165, 1.54) is 25.3 Å². The molecule has 0 bridgehead atoms. The second-order valence-corrected chi connectivity index (χ2v) is 4.66. The van der Waals surface area contributed by atoms with Crippen LogP contribution in [0.5, 0.6) is 17.2 Å². The molecule has 0 fully saturated rings. The van der Waals surface area contributed by atoms with E-state index in [4.69, 9.17) is 14.2 Å². The normalized spacial score (nSPS) is 11.9. The van der Waals surface area contributed by atoms with E-state index in [-0.39, 0.29) is 18.2 Å². The third kappa shape index (κ3) is 2.86. The lowest BCUT2D eigenvalue weighted by molar-refractivity contribution is -0.384. The summed E-state index contributed by atoms with van der Waals surface area (Å²) in [5.74, 6) is 0.881. The fourth-order valence-electron chi connectivity index (χ4n) is 2.13. The van der Waals surface area contributed by atoms with E-state index in [2.05, 4.69) is 5.32 Å². The summed E-state index contributed by atoms with van der Waals surface area (Å²) < 4.78 is 15.5. The van der Waals surface area contributed by atoms with E-state index >= 15 is 0 Å². The van der Waals surface area contributed by atoms with Crippen molar-refractivity contribution in [1.82, 2.24) is 0 Å². The van der Waals surface area contributed by atoms with Gasteiger partial charge in [0.25, 0.3) is 11.6 Å². The number of nitro benzene ring substituents is 1. The standard InChI is InChI=1S/C15H12N2O6/c1-21-13-7-10(17(19)20)3-4-11(13)16-15(18)9-2-5-12-14(6-9)23-8-22-12/h2-7H,8H2,1H3,(H,16,18). The lowest BCUT2D eigenvalue weighted by Crippen LogP contribution is -2.12. The maximum absolute atomic E-state index is 12.3. The Hall–Kier alpha value is -3.29. The first-order valence-corrected chi connectivity index (χ1v) is 6.62. The van der Waals surface area contributed by atoms with Gasteiger partial charge in [0.1, 0.15) is 5.75 Å². The average molecular weight is 316 g/mol. The topological polar surface area (TPSA) is 99.9 Å². The van der Waals surface area contributed by atoms with Crippen LogP contribution >= 0.6 is 0 Å². The first kappa shape index (κ1) is 14.6. The van der Waals surface area contributed by atoms with Crippen molar-refractivity contribution in [3.63, 3.8) is 0 Å². The summed E-state index contributed by atoms with van der Waals surface area (Å²) >= 11 is 0. The van der Waals surface area contributed by atoms with Gasteiger partial charge >= 0.3 is 0 Å². The minimum atomic E-state index is -0.536. The van der Waals surface area contributed by atoms with Gasteiger partial charge in [0.15, 0.2) is 11.5 Å². The Bertz CT molecular complexity index is 790. The lowest BCUT2D eigenvalue weighted by Gasteiger charge is -2.10. The Morgan fingerprint density at radius 1 is 1.22 bits per heavy atom. The number of hydrogen-bond acceptors (Lipinski definition) is 6. The fraction of sp³-hybridized carbons (Fsp3) is 0.133. The molecule has 1 aliphatic rings. The van der Waals surface area contributed by atoms with Crippen LogP contribution in [0.1, 0.15) is 10.4 Å². The minimum Gasteiger partial charge on any atom is -0.494 e. The Morgan fingerprint density at radius 3 is 2.74 bits per heavy atom. The number of benzene rings is 2. The Kier molecular flexibility index (Phi) is 3.71. The highest BCUT2D eigenvalue weighted by molar-refractivity contribution is 6.05. The number of nitro groups is 1. The van der Waals surface area contributed by atoms with Crippen LogP contribution in [0.15, 0.2) is 36.4 Å². The van der Waals surface area contributed by atoms with Gasteiger partial charge in [-0.15, -0.1) is 0 Å². The molecule has 1 amide bonds. The average Bonchev–Trinajstić information content (AvgIpc) is 3.02. The number of rotatable bonds is 4. The van der Waals surface area contributed by atoms with E-state index in [0.717, 1.165) is 0 Å². The predicted molar refractivity (Wildman–Crippen MR) is 80.2 cm³/mol. The highest BCUT2D eigenvalue weighted by Gasteiger charge is 2.18. The van der Waals surface area contributed by atoms with Gasteiger partial charge in [-0.05, 0) is 24.3 Å². The largest absolute Gasteiger partial charge is 0.494 e. The smallest absolute Gasteiger partial charge is 0.273 e. The number of carbonyl (C=O) groups is 1. The van der Waals surface area contributed by atoms with Gasteiger partial charge in [0, 0.05) is 11.6 Å². The molecule has 0 aromatic heterocycles. The van der Waals surface area contributed by atoms with Crippen molar-refractivity contribution in [2.75, 3.05) is 19.2 Å². The van der Waals surface area contributed by atoms with Crippen molar-refractivity contribution in [2.24, 2.45) is 0 Å². The second-order valence-electron chi connectivity index (χ2n) is 4.66. The molecular formula is C15H12N2O6. The molecule has 0 unspecified atom stereocenters. The Morgan fingerprint density at radius 2 is 2.00 bits per heavy atom. The van der Waals surface area contributed by atoms with E-state index in [1.807, 2.05) is 0 Å². The number of ether oxygens (including phenoxy) is 3. The molecule has 8 nitrogen and oxygen atoms in total. The number of carbonyl (C=O) groups excluding carboxylic acids is 1. The van der Waals surface area contributed by atoms with Crippen molar-refractivity contribution in [3.05, 3.63) is 52.1 Å². The third-order valence-electron chi connectivity index (χ3n) is 3.28. The molecule has 3 rings (SSSR count). The van der Waals surface area contributed by atoms with Crippen molar-refractivity contribution < 1.29 is 23.9 Å². The number of fused-ring (bicyclic) bond motifs is 1. The molecule has 118 valence electrons. The first-order valence-electron chi connectivity index (χ1n) is 6.62. The van der Waals surface area contributed by atoms with Crippen LogP contribution in [0, 0.1) is 10.1 Å². The van der Waals surface area contributed by atoms with Gasteiger partial charge in [-0.2, -0.15) is 0 Å². The van der Waals surface area contributed by atoms with Gasteiger partial charge in [-0.1, -0.05) is 0 Å². The zero-order valence-corrected chi connectivity index (χ0v) is 12.1. The van der Waals surface area contributed by atoms with E-state index in [9.17, 15) is 14.9 Å². The molecule has 0 atom stereocenters. The minimum absolute atomic E-state index is 0.122. The van der Waals surface area contributed by atoms with E-state index in [1.54, 1.807) is 18.2 Å². The van der Waals surface area contributed by atoms with Gasteiger partial charge in [0.2, 0.25) is 6.79 Å². The Balaban J connectivity index is 1.84. The zero-order valence-electron chi connectivity index (χ0n) is 12.1. The number of hydrogen-bond donors (Lipinski definition) is 1. The molecule has 0 saturated carbocycles. The molecule has 0 radical (unpaired) electrons. The monoisotopic (exact) mass is 316 g/mol. The molecule has 2 aromatic rings. The first-order chi connectivity index (χ1) is 11.1. The van der Waals surface area contributed by atoms with Crippen molar-refractivity contribution in [3.8, 4) is 17.2 Å². The second kappa shape index (κ2) is 5.84. The van der Waals surface area contributed by atoms with Crippen LogP contribution in [0.3, 0.4) is 0 Å². The Labute approximate surface area is 130 Å². The van der Waals surface area contributed by atoms with Crippen LogP contribution in [0.25, 0.3) is 0 Å². The summed E-state index contributed by atoms with van der Waals surface area (Å²) in [6.07, 6.45) is 0. The van der Waals surface area contributed by atoms with Crippen LogP contribution in [-0.2, 0) is 0 Å². The summed E-state index contributed by atoms with van der Waals surface area (Å²) in [5, 5.41) is 13.4. The molecule has 0 aliphatic carbocycles. The molecule has 2 aromatic carbocycles. The van der Waals surface area contributed by atoms with Crippen LogP contribution < -0.4 is 19.5 Å². The van der Waals surface area contributed by atoms with Crippen LogP contribution in [0.4, 0.5) is 11.4 Å². The number of anilines is 1. The van der Waals surface area contributed by atoms with Gasteiger partial charge in [-0.3, -0.25) is 14.9 Å². The molecule has 1 heterocycles. The molecule has 0 saturated heterocycles. The summed E-state index contributed by atoms with van der Waals surface area (Å²) in [7, 11) is 1.37. The molecular weight excluding hydrogens is 304 g/mol. The summed E-state index contributed by atoms with van der Waals surface area (Å²) in [4.78, 5) is 22.5. The molecule has 8 heteroatoms. The van der Waals surface area contributed by atoms with E-state index < -0.39 is 10.8 Å². The van der Waals surface area contributed by atoms with E-state index in [0.29, 0.717) is 22.7 Å². The number of amides is 1. The summed E-state index contributed by atoms with van der Waals surface area (Å²) in [5.41, 5.74) is 0.582. The zero-order chi connectivity index (χ0) is 16.4. The maximum atomic E-state index is 12.3. The molecule has 23 heavy (non-hydrogen) atoms. The van der Waals surface area contributed by atoms with Gasteiger partial charge < -0.3 is 19.5 Å². The molecule has 0 spiro atoms. The van der Waals surface area contributed by atoms with Crippen molar-refractivity contribution in [1.29, 1.82) is 0 Å². The van der Waals surface area contributed by atoms with Crippen molar-refractivity contribution in [2.45, 2.75) is 0 Å². The summed E-state index contributed by atoms with van der Waals surface area (Å²) in [6, 6.07) is 8.76. The summed E-state index contributed by atoms with van der Waals surface area (Å²) in [6.45, 7) is 0.122. The quantitative estimate of drug-likeness (QED) is 0.687. The predicted octanol–water partition coefficient (Wildman–Crippen LogP) is 2.58. The number of nitrogens with zero attached hydrogens (tertiary/aromatic N) is 1. The van der Waals surface area contributed by atoms with Crippen LogP contribution in [0.2, 0.25) is 0 Å². The highest BCUT2D eigenvalue weighted by atomic mass is 16.7. The fourth-order valence-corrected chi connectivity index (χ4v) is 2.13. The third-order valence-corrected chi connectivity index (χ3v) is 3.28. The van der Waals surface area contributed by atoms with Crippen LogP contribution in [-0.4, -0.2) is 24.7 Å². The lowest BCUT2D eigenvalue weighted by atomic mass is 10.1. The van der Waals surface area contributed by atoms with Gasteiger partial charge in [-0.25, -0.2) is 0 Å². The highest BCUT2D eigenvalue weighted by Crippen LogP contribution is 2.33.